The summed E-state index contributed by atoms with van der Waals surface area (Å²) in [6, 6.07) is 13.8. The maximum Gasteiger partial charge on any atom is 0.344 e. The zero-order valence-electron chi connectivity index (χ0n) is 11.9. The fourth-order valence-corrected chi connectivity index (χ4v) is 2.01. The Labute approximate surface area is 118 Å². The van der Waals surface area contributed by atoms with Crippen LogP contribution in [0, 0.1) is 13.8 Å². The number of carboxylic acid groups (broad SMARTS) is 1. The first-order valence-electron chi connectivity index (χ1n) is 6.54. The normalized spacial score (nSPS) is 11.9. The van der Waals surface area contributed by atoms with Gasteiger partial charge in [0, 0.05) is 0 Å². The molecule has 3 nitrogen and oxygen atoms in total. The Kier molecular flexibility index (Phi) is 4.08. The van der Waals surface area contributed by atoms with Gasteiger partial charge in [-0.15, -0.1) is 0 Å². The lowest BCUT2D eigenvalue weighted by atomic mass is 9.98. The lowest BCUT2D eigenvalue weighted by Crippen LogP contribution is -2.22. The van der Waals surface area contributed by atoms with Gasteiger partial charge in [0.15, 0.2) is 6.10 Å². The second-order valence-electron chi connectivity index (χ2n) is 4.94. The van der Waals surface area contributed by atoms with Crippen LogP contribution in [-0.2, 0) is 4.79 Å². The monoisotopic (exact) mass is 270 g/mol. The molecule has 1 unspecified atom stereocenters. The van der Waals surface area contributed by atoms with E-state index in [4.69, 9.17) is 9.84 Å². The molecule has 0 heterocycles. The Morgan fingerprint density at radius 1 is 1.10 bits per heavy atom. The molecule has 1 N–H and O–H groups in total. The van der Waals surface area contributed by atoms with Crippen molar-refractivity contribution < 1.29 is 14.6 Å². The van der Waals surface area contributed by atoms with Crippen LogP contribution in [0.3, 0.4) is 0 Å². The molecule has 2 aromatic carbocycles. The largest absolute Gasteiger partial charge is 0.479 e. The first kappa shape index (κ1) is 14.1. The van der Waals surface area contributed by atoms with E-state index in [1.165, 1.54) is 23.6 Å². The molecule has 0 aliphatic carbocycles. The topological polar surface area (TPSA) is 46.5 Å². The van der Waals surface area contributed by atoms with Crippen molar-refractivity contribution in [3.05, 3.63) is 53.6 Å². The lowest BCUT2D eigenvalue weighted by Gasteiger charge is -2.12. The molecule has 3 heteroatoms. The van der Waals surface area contributed by atoms with E-state index in [1.54, 1.807) is 12.1 Å². The first-order chi connectivity index (χ1) is 9.47. The molecule has 104 valence electrons. The number of aryl methyl sites for hydroxylation is 2. The third kappa shape index (κ3) is 3.18. The van der Waals surface area contributed by atoms with Gasteiger partial charge in [0.2, 0.25) is 0 Å². The minimum atomic E-state index is -0.969. The van der Waals surface area contributed by atoms with Crippen LogP contribution >= 0.6 is 0 Å². The van der Waals surface area contributed by atoms with Gasteiger partial charge in [-0.25, -0.2) is 4.79 Å². The second-order valence-corrected chi connectivity index (χ2v) is 4.94. The number of carbonyl (C=O) groups is 1. The van der Waals surface area contributed by atoms with Gasteiger partial charge in [0.1, 0.15) is 5.75 Å². The van der Waals surface area contributed by atoms with Crippen LogP contribution in [0.15, 0.2) is 42.5 Å². The van der Waals surface area contributed by atoms with Crippen molar-refractivity contribution in [2.75, 3.05) is 0 Å². The highest BCUT2D eigenvalue weighted by Gasteiger charge is 2.12. The van der Waals surface area contributed by atoms with Gasteiger partial charge >= 0.3 is 5.97 Å². The highest BCUT2D eigenvalue weighted by atomic mass is 16.5. The number of hydrogen-bond acceptors (Lipinski definition) is 2. The lowest BCUT2D eigenvalue weighted by molar-refractivity contribution is -0.144. The van der Waals surface area contributed by atoms with Crippen LogP contribution in [0.25, 0.3) is 11.1 Å². The summed E-state index contributed by atoms with van der Waals surface area (Å²) in [5, 5.41) is 8.82. The molecule has 0 saturated heterocycles. The molecule has 0 amide bonds. The van der Waals surface area contributed by atoms with Gasteiger partial charge in [-0.1, -0.05) is 35.9 Å². The van der Waals surface area contributed by atoms with Gasteiger partial charge in [0.05, 0.1) is 0 Å². The number of aliphatic carboxylic acids is 1. The van der Waals surface area contributed by atoms with E-state index >= 15 is 0 Å². The van der Waals surface area contributed by atoms with Gasteiger partial charge in [0.25, 0.3) is 0 Å². The van der Waals surface area contributed by atoms with E-state index < -0.39 is 12.1 Å². The van der Waals surface area contributed by atoms with Crippen molar-refractivity contribution >= 4 is 5.97 Å². The van der Waals surface area contributed by atoms with E-state index in [0.29, 0.717) is 5.75 Å². The number of hydrogen-bond donors (Lipinski definition) is 1. The molecular weight excluding hydrogens is 252 g/mol. The Morgan fingerprint density at radius 2 is 1.75 bits per heavy atom. The van der Waals surface area contributed by atoms with Crippen molar-refractivity contribution in [3.63, 3.8) is 0 Å². The summed E-state index contributed by atoms with van der Waals surface area (Å²) in [6.45, 7) is 5.65. The number of ether oxygens (including phenoxy) is 1. The second kappa shape index (κ2) is 5.78. The maximum atomic E-state index is 10.7. The van der Waals surface area contributed by atoms with Crippen LogP contribution in [0.1, 0.15) is 18.1 Å². The van der Waals surface area contributed by atoms with Crippen LogP contribution in [0.2, 0.25) is 0 Å². The Bertz CT molecular complexity index is 615. The molecule has 0 aliphatic heterocycles. The highest BCUT2D eigenvalue weighted by molar-refractivity contribution is 5.72. The average Bonchev–Trinajstić information content (AvgIpc) is 2.42. The van der Waals surface area contributed by atoms with Gasteiger partial charge in [-0.05, 0) is 49.6 Å². The Balaban J connectivity index is 2.24. The average molecular weight is 270 g/mol. The smallest absolute Gasteiger partial charge is 0.344 e. The van der Waals surface area contributed by atoms with Crippen molar-refractivity contribution in [2.45, 2.75) is 26.9 Å². The summed E-state index contributed by atoms with van der Waals surface area (Å²) in [6.07, 6.45) is -0.846. The quantitative estimate of drug-likeness (QED) is 0.918. The molecule has 0 saturated carbocycles. The molecule has 0 spiro atoms. The molecule has 0 aliphatic rings. The molecule has 0 fully saturated rings. The molecule has 2 aromatic rings. The molecule has 20 heavy (non-hydrogen) atoms. The van der Waals surface area contributed by atoms with E-state index in [1.807, 2.05) is 12.1 Å². The summed E-state index contributed by atoms with van der Waals surface area (Å²) in [4.78, 5) is 10.7. The molecule has 2 rings (SSSR count). The van der Waals surface area contributed by atoms with Crippen LogP contribution in [-0.4, -0.2) is 17.2 Å². The Morgan fingerprint density at radius 3 is 2.35 bits per heavy atom. The minimum absolute atomic E-state index is 0.564. The van der Waals surface area contributed by atoms with Crippen LogP contribution in [0.4, 0.5) is 0 Å². The molecule has 0 bridgehead atoms. The summed E-state index contributed by atoms with van der Waals surface area (Å²) in [5.74, 6) is -0.405. The number of rotatable bonds is 4. The predicted molar refractivity (Wildman–Crippen MR) is 79.1 cm³/mol. The van der Waals surface area contributed by atoms with Gasteiger partial charge < -0.3 is 9.84 Å². The number of benzene rings is 2. The zero-order chi connectivity index (χ0) is 14.7. The summed E-state index contributed by atoms with van der Waals surface area (Å²) >= 11 is 0. The number of carboxylic acids is 1. The predicted octanol–water partition coefficient (Wildman–Crippen LogP) is 3.82. The maximum absolute atomic E-state index is 10.7. The van der Waals surface area contributed by atoms with Crippen molar-refractivity contribution in [1.29, 1.82) is 0 Å². The van der Waals surface area contributed by atoms with Crippen LogP contribution < -0.4 is 4.74 Å². The highest BCUT2D eigenvalue weighted by Crippen LogP contribution is 2.26. The Hall–Kier alpha value is -2.29. The van der Waals surface area contributed by atoms with Crippen molar-refractivity contribution in [3.8, 4) is 16.9 Å². The van der Waals surface area contributed by atoms with Gasteiger partial charge in [-0.3, -0.25) is 0 Å². The van der Waals surface area contributed by atoms with E-state index in [9.17, 15) is 4.79 Å². The van der Waals surface area contributed by atoms with Gasteiger partial charge in [-0.2, -0.15) is 0 Å². The van der Waals surface area contributed by atoms with Crippen molar-refractivity contribution in [2.24, 2.45) is 0 Å². The molecular formula is C17H18O3. The first-order valence-corrected chi connectivity index (χ1v) is 6.54. The molecule has 0 aromatic heterocycles. The van der Waals surface area contributed by atoms with E-state index in [2.05, 4.69) is 32.0 Å². The van der Waals surface area contributed by atoms with E-state index in [-0.39, 0.29) is 0 Å². The molecule has 1 atom stereocenters. The fraction of sp³-hybridized carbons (Fsp3) is 0.235. The zero-order valence-corrected chi connectivity index (χ0v) is 11.9. The third-order valence-electron chi connectivity index (χ3n) is 3.22. The van der Waals surface area contributed by atoms with Crippen molar-refractivity contribution in [1.82, 2.24) is 0 Å². The van der Waals surface area contributed by atoms with Crippen LogP contribution in [0.5, 0.6) is 5.75 Å². The summed E-state index contributed by atoms with van der Waals surface area (Å²) < 4.78 is 5.32. The summed E-state index contributed by atoms with van der Waals surface area (Å²) in [7, 11) is 0. The SMILES string of the molecule is Cc1ccc(C)c(-c2ccc(OC(C)C(=O)O)cc2)c1. The fourth-order valence-electron chi connectivity index (χ4n) is 2.01. The van der Waals surface area contributed by atoms with E-state index in [0.717, 1.165) is 5.56 Å². The standard InChI is InChI=1S/C17H18O3/c1-11-4-5-12(2)16(10-11)14-6-8-15(9-7-14)20-13(3)17(18)19/h4-10,13H,1-3H3,(H,18,19). The molecule has 0 radical (unpaired) electrons. The summed E-state index contributed by atoms with van der Waals surface area (Å²) in [5.41, 5.74) is 4.71. The minimum Gasteiger partial charge on any atom is -0.479 e. The third-order valence-corrected chi connectivity index (χ3v) is 3.22.